The molecule has 0 bridgehead atoms. The van der Waals surface area contributed by atoms with E-state index in [0.29, 0.717) is 87.8 Å². The van der Waals surface area contributed by atoms with Gasteiger partial charge in [-0.3, -0.25) is 0 Å². The highest BCUT2D eigenvalue weighted by Gasteiger charge is 2.36. The largest absolute Gasteiger partial charge is 0.480 e. The maximum atomic E-state index is 13.3. The van der Waals surface area contributed by atoms with Gasteiger partial charge in [0.05, 0.1) is 73.9 Å². The average Bonchev–Trinajstić information content (AvgIpc) is 4.32. The second kappa shape index (κ2) is 22.7. The number of nitrogens with one attached hydrogen (secondary N) is 1. The molecule has 0 spiro atoms. The number of aromatic nitrogens is 16. The van der Waals surface area contributed by atoms with E-state index in [4.69, 9.17) is 19.4 Å². The number of thioether (sulfide) groups is 1. The number of alkyl halides is 6. The predicted octanol–water partition coefficient (Wildman–Crippen LogP) is 12.0. The molecule has 8 aromatic heterocycles. The summed E-state index contributed by atoms with van der Waals surface area (Å²) in [5, 5.41) is 10.5. The van der Waals surface area contributed by atoms with Crippen LogP contribution in [0.15, 0.2) is 98.4 Å². The van der Waals surface area contributed by atoms with Crippen molar-refractivity contribution in [2.45, 2.75) is 91.1 Å². The summed E-state index contributed by atoms with van der Waals surface area (Å²) in [7, 11) is 3.12. The van der Waals surface area contributed by atoms with Gasteiger partial charge in [-0.1, -0.05) is 70.8 Å². The van der Waals surface area contributed by atoms with Gasteiger partial charge >= 0.3 is 12.4 Å². The van der Waals surface area contributed by atoms with Crippen molar-refractivity contribution in [1.82, 2.24) is 79.0 Å². The van der Waals surface area contributed by atoms with Crippen LogP contribution in [0.25, 0.3) is 67.6 Å². The number of aromatic amines is 1. The fourth-order valence-electron chi connectivity index (χ4n) is 8.54. The second-order valence-electron chi connectivity index (χ2n) is 17.8. The Labute approximate surface area is 448 Å². The standard InChI is InChI=1S/C26H23F3N8OS.C24H19F3N8O.3CH4/c1-38-25-20(21(16-7-8-16)31-13-32-25)22-30-9-18-10-33-37(24(18)35-22)11-15-3-5-17(6-4-15)23-34-19(26(27,28)29)12-36(23)14-39-2;1-36-23-18(19(14-6-7-14)30-12-31-23)21-28-8-16-9-32-35(22(16)34-21)11-13-2-4-15(5-3-13)20-29-10-17(33-20)24(25,26)27;;;/h3-6,9-10,12-13,16H,7-8,11,14H2,1-2H3;2-5,8-10,12,14H,6-7,11H2,1H3,(H,29,33);3*1H4. The van der Waals surface area contributed by atoms with Gasteiger partial charge in [-0.05, 0) is 43.1 Å². The molecule has 78 heavy (non-hydrogen) atoms. The van der Waals surface area contributed by atoms with Gasteiger partial charge in [-0.25, -0.2) is 59.2 Å². The Balaban J connectivity index is 0.000000199. The molecule has 0 saturated heterocycles. The van der Waals surface area contributed by atoms with E-state index >= 15 is 0 Å². The Morgan fingerprint density at radius 1 is 0.590 bits per heavy atom. The summed E-state index contributed by atoms with van der Waals surface area (Å²) in [4.78, 5) is 46.1. The van der Waals surface area contributed by atoms with Crippen LogP contribution in [0.3, 0.4) is 0 Å². The topological polar surface area (TPSA) is 204 Å². The SMILES string of the molecule is C.C.C.COc1ncnc(C2CC2)c1-c1ncc2cnn(Cc3ccc(-c4nc(C(F)(F)F)cn4CSC)cc3)c2n1.COc1ncnc(C2CC2)c1-c1ncc2cnn(Cc3ccc(-c4ncc(C(F)(F)F)[nH]4)cc3)c2n1. The number of hydrogen-bond donors (Lipinski definition) is 1. The first-order chi connectivity index (χ1) is 36.3. The van der Waals surface area contributed by atoms with E-state index in [-0.39, 0.29) is 33.9 Å². The first kappa shape index (κ1) is 55.9. The van der Waals surface area contributed by atoms with Crippen molar-refractivity contribution in [3.05, 3.63) is 132 Å². The number of halogens is 6. The molecule has 2 aliphatic carbocycles. The number of nitrogens with zero attached hydrogens (tertiary/aromatic N) is 15. The highest BCUT2D eigenvalue weighted by molar-refractivity contribution is 7.97. The van der Waals surface area contributed by atoms with E-state index in [9.17, 15) is 26.3 Å². The molecule has 0 amide bonds. The van der Waals surface area contributed by atoms with Crippen molar-refractivity contribution in [2.75, 3.05) is 20.5 Å². The van der Waals surface area contributed by atoms with E-state index in [1.165, 1.54) is 29.0 Å². The van der Waals surface area contributed by atoms with E-state index in [1.807, 2.05) is 30.5 Å². The molecule has 0 unspecified atom stereocenters. The van der Waals surface area contributed by atoms with Crippen molar-refractivity contribution in [3.63, 3.8) is 0 Å². The molecule has 2 fully saturated rings. The summed E-state index contributed by atoms with van der Waals surface area (Å²) >= 11 is 1.42. The summed E-state index contributed by atoms with van der Waals surface area (Å²) < 4.78 is 94.4. The Hall–Kier alpha value is -8.35. The van der Waals surface area contributed by atoms with Gasteiger partial charge in [-0.15, -0.1) is 11.8 Å². The number of fused-ring (bicyclic) bond motifs is 2. The van der Waals surface area contributed by atoms with Crippen LogP contribution < -0.4 is 9.47 Å². The van der Waals surface area contributed by atoms with Gasteiger partial charge in [0.1, 0.15) is 41.1 Å². The number of benzene rings is 2. The number of methoxy groups -OCH3 is 2. The molecule has 12 rings (SSSR count). The predicted molar refractivity (Wildman–Crippen MR) is 283 cm³/mol. The smallest absolute Gasteiger partial charge is 0.434 e. The summed E-state index contributed by atoms with van der Waals surface area (Å²) in [6, 6.07) is 14.3. The van der Waals surface area contributed by atoms with Crippen LogP contribution in [-0.4, -0.2) is 99.4 Å². The molecule has 406 valence electrons. The number of H-pyrrole nitrogens is 1. The summed E-state index contributed by atoms with van der Waals surface area (Å²) in [6.45, 7) is 0.815. The quantitative estimate of drug-likeness (QED) is 0.101. The van der Waals surface area contributed by atoms with Gasteiger partial charge in [-0.2, -0.15) is 36.5 Å². The number of ether oxygens (including phenoxy) is 2. The third-order valence-electron chi connectivity index (χ3n) is 12.5. The molecule has 2 aliphatic rings. The molecular weight excluding hydrogens is 1040 g/mol. The molecule has 1 N–H and O–H groups in total. The van der Waals surface area contributed by atoms with E-state index in [1.54, 1.807) is 72.6 Å². The van der Waals surface area contributed by atoms with Crippen molar-refractivity contribution >= 4 is 33.8 Å². The minimum atomic E-state index is -4.50. The van der Waals surface area contributed by atoms with Gasteiger partial charge in [0.2, 0.25) is 11.8 Å². The Bertz CT molecular complexity index is 3680. The minimum absolute atomic E-state index is 0. The van der Waals surface area contributed by atoms with Crippen LogP contribution in [0.1, 0.15) is 93.7 Å². The molecule has 0 atom stereocenters. The maximum Gasteiger partial charge on any atom is 0.434 e. The van der Waals surface area contributed by atoms with Crippen LogP contribution >= 0.6 is 11.8 Å². The van der Waals surface area contributed by atoms with Gasteiger partial charge in [0, 0.05) is 41.6 Å². The zero-order valence-corrected chi connectivity index (χ0v) is 40.9. The first-order valence-electron chi connectivity index (χ1n) is 23.4. The molecule has 8 heterocycles. The summed E-state index contributed by atoms with van der Waals surface area (Å²) in [5.41, 5.74) is 5.59. The Kier molecular flexibility index (Phi) is 16.3. The molecule has 25 heteroatoms. The highest BCUT2D eigenvalue weighted by atomic mass is 32.2. The molecule has 0 aliphatic heterocycles. The van der Waals surface area contributed by atoms with Crippen LogP contribution in [0.5, 0.6) is 11.8 Å². The van der Waals surface area contributed by atoms with Crippen molar-refractivity contribution in [2.24, 2.45) is 0 Å². The number of rotatable bonds is 14. The van der Waals surface area contributed by atoms with Gasteiger partial charge in [0.15, 0.2) is 28.6 Å². The first-order valence-corrected chi connectivity index (χ1v) is 24.8. The average molecular weight is 1090 g/mol. The van der Waals surface area contributed by atoms with Crippen molar-refractivity contribution < 1.29 is 35.8 Å². The zero-order chi connectivity index (χ0) is 52.0. The van der Waals surface area contributed by atoms with E-state index in [0.717, 1.165) is 71.4 Å². The molecule has 10 aromatic rings. The fraction of sp³-hybridized carbons (Fsp3) is 0.321. The monoisotopic (exact) mass is 1090 g/mol. The summed E-state index contributed by atoms with van der Waals surface area (Å²) in [6.07, 6.45) is 8.73. The molecule has 0 radical (unpaired) electrons. The lowest BCUT2D eigenvalue weighted by Gasteiger charge is -2.11. The minimum Gasteiger partial charge on any atom is -0.480 e. The van der Waals surface area contributed by atoms with Gasteiger partial charge in [0.25, 0.3) is 0 Å². The zero-order valence-electron chi connectivity index (χ0n) is 40.0. The van der Waals surface area contributed by atoms with Crippen molar-refractivity contribution in [3.8, 4) is 57.3 Å². The second-order valence-corrected chi connectivity index (χ2v) is 18.6. The lowest BCUT2D eigenvalue weighted by molar-refractivity contribution is -0.141. The number of imidazole rings is 2. The third-order valence-corrected chi connectivity index (χ3v) is 13.1. The van der Waals surface area contributed by atoms with Crippen LogP contribution in [-0.2, 0) is 31.3 Å². The Morgan fingerprint density at radius 3 is 1.50 bits per heavy atom. The lowest BCUT2D eigenvalue weighted by atomic mass is 10.1. The van der Waals surface area contributed by atoms with Crippen LogP contribution in [0.4, 0.5) is 26.3 Å². The fourth-order valence-corrected chi connectivity index (χ4v) is 9.01. The third kappa shape index (κ3) is 11.5. The lowest BCUT2D eigenvalue weighted by Crippen LogP contribution is -2.05. The molecule has 18 nitrogen and oxygen atoms in total. The highest BCUT2D eigenvalue weighted by Crippen LogP contribution is 2.46. The maximum absolute atomic E-state index is 13.3. The molecular formula is C53H54F6N16O2S. The van der Waals surface area contributed by atoms with Crippen LogP contribution in [0.2, 0.25) is 0 Å². The summed E-state index contributed by atoms with van der Waals surface area (Å²) in [5.74, 6) is 3.29. The normalized spacial score (nSPS) is 13.3. The van der Waals surface area contributed by atoms with Gasteiger partial charge < -0.3 is 19.0 Å². The number of hydrogen-bond acceptors (Lipinski definition) is 15. The van der Waals surface area contributed by atoms with Crippen molar-refractivity contribution in [1.29, 1.82) is 0 Å². The molecule has 2 saturated carbocycles. The molecule has 2 aromatic carbocycles. The van der Waals surface area contributed by atoms with E-state index < -0.39 is 23.7 Å². The Morgan fingerprint density at radius 2 is 1.08 bits per heavy atom. The van der Waals surface area contributed by atoms with E-state index in [2.05, 4.69) is 55.1 Å². The van der Waals surface area contributed by atoms with Crippen LogP contribution in [0, 0.1) is 0 Å².